The second-order valence-electron chi connectivity index (χ2n) is 3.70. The third kappa shape index (κ3) is 7.42. The second kappa shape index (κ2) is 8.66. The normalized spacial score (nSPS) is 13.8. The van der Waals surface area contributed by atoms with Gasteiger partial charge in [0.2, 0.25) is 5.91 Å². The zero-order valence-corrected chi connectivity index (χ0v) is 9.81. The third-order valence-electron chi connectivity index (χ3n) is 2.17. The lowest BCUT2D eigenvalue weighted by atomic mass is 10.1. The van der Waals surface area contributed by atoms with Crippen molar-refractivity contribution in [2.24, 2.45) is 5.73 Å². The number of carboxylic acid groups (broad SMARTS) is 1. The topological polar surface area (TPSA) is 122 Å². The molecule has 0 heterocycles. The van der Waals surface area contributed by atoms with Crippen LogP contribution in [0.2, 0.25) is 0 Å². The Balaban J connectivity index is 4.03. The molecular formula is C10H19N3O4. The van der Waals surface area contributed by atoms with E-state index in [9.17, 15) is 14.4 Å². The molecule has 0 fully saturated rings. The summed E-state index contributed by atoms with van der Waals surface area (Å²) in [5.41, 5.74) is 5.59. The van der Waals surface area contributed by atoms with Gasteiger partial charge in [-0.2, -0.15) is 0 Å². The molecule has 2 atom stereocenters. The summed E-state index contributed by atoms with van der Waals surface area (Å²) in [7, 11) is 1.79. The minimum absolute atomic E-state index is 0.395. The van der Waals surface area contributed by atoms with Gasteiger partial charge in [-0.15, -0.1) is 0 Å². The summed E-state index contributed by atoms with van der Waals surface area (Å²) in [5, 5.41) is 13.7. The smallest absolute Gasteiger partial charge is 0.305 e. The first kappa shape index (κ1) is 15.5. The fourth-order valence-corrected chi connectivity index (χ4v) is 1.24. The average molecular weight is 245 g/mol. The summed E-state index contributed by atoms with van der Waals surface area (Å²) < 4.78 is 0. The van der Waals surface area contributed by atoms with Gasteiger partial charge >= 0.3 is 5.97 Å². The molecule has 0 aliphatic carbocycles. The van der Waals surface area contributed by atoms with Gasteiger partial charge in [-0.3, -0.25) is 9.59 Å². The van der Waals surface area contributed by atoms with Crippen LogP contribution in [0.5, 0.6) is 0 Å². The molecule has 0 spiro atoms. The van der Waals surface area contributed by atoms with E-state index in [1.165, 1.54) is 0 Å². The highest BCUT2D eigenvalue weighted by molar-refractivity contribution is 5.85. The molecule has 0 aromatic heterocycles. The van der Waals surface area contributed by atoms with Crippen LogP contribution in [0.1, 0.15) is 19.3 Å². The summed E-state index contributed by atoms with van der Waals surface area (Å²) in [6, 6.07) is -1.74. The molecule has 1 amide bonds. The molecule has 0 aromatic carbocycles. The molecule has 0 unspecified atom stereocenters. The quantitative estimate of drug-likeness (QED) is 0.289. The number of hydrogen-bond acceptors (Lipinski definition) is 5. The Bertz CT molecular complexity index is 270. The molecule has 0 aliphatic rings. The van der Waals surface area contributed by atoms with Crippen LogP contribution in [-0.2, 0) is 14.4 Å². The van der Waals surface area contributed by atoms with E-state index >= 15 is 0 Å². The van der Waals surface area contributed by atoms with Crippen LogP contribution in [0.25, 0.3) is 0 Å². The van der Waals surface area contributed by atoms with Gasteiger partial charge < -0.3 is 26.3 Å². The number of nitrogens with one attached hydrogen (secondary N) is 2. The Morgan fingerprint density at radius 1 is 1.47 bits per heavy atom. The van der Waals surface area contributed by atoms with Gasteiger partial charge in [0.15, 0.2) is 0 Å². The van der Waals surface area contributed by atoms with Crippen LogP contribution in [0.4, 0.5) is 0 Å². The Morgan fingerprint density at radius 3 is 2.59 bits per heavy atom. The molecule has 0 bridgehead atoms. The average Bonchev–Trinajstić information content (AvgIpc) is 2.27. The van der Waals surface area contributed by atoms with Crippen LogP contribution >= 0.6 is 0 Å². The summed E-state index contributed by atoms with van der Waals surface area (Å²) in [5.74, 6) is -1.65. The van der Waals surface area contributed by atoms with Crippen LogP contribution in [0, 0.1) is 0 Å². The van der Waals surface area contributed by atoms with E-state index in [0.717, 1.165) is 13.0 Å². The number of carbonyl (C=O) groups is 3. The Hall–Kier alpha value is -1.47. The SMILES string of the molecule is CNCCC[C@H](N)C(=O)N[C@H](C=O)CC(=O)O. The van der Waals surface area contributed by atoms with E-state index in [4.69, 9.17) is 10.8 Å². The Morgan fingerprint density at radius 2 is 2.12 bits per heavy atom. The minimum atomic E-state index is -1.15. The molecule has 0 aliphatic heterocycles. The molecular weight excluding hydrogens is 226 g/mol. The number of carboxylic acids is 1. The Kier molecular flexibility index (Phi) is 7.91. The first-order valence-electron chi connectivity index (χ1n) is 5.39. The van der Waals surface area contributed by atoms with Crippen LogP contribution < -0.4 is 16.4 Å². The predicted molar refractivity (Wildman–Crippen MR) is 61.4 cm³/mol. The van der Waals surface area contributed by atoms with Crippen LogP contribution in [0.3, 0.4) is 0 Å². The minimum Gasteiger partial charge on any atom is -0.481 e. The highest BCUT2D eigenvalue weighted by Crippen LogP contribution is 1.96. The van der Waals surface area contributed by atoms with Crippen molar-refractivity contribution in [3.05, 3.63) is 0 Å². The standard InChI is InChI=1S/C10H19N3O4/c1-12-4-2-3-8(11)10(17)13-7(6-14)5-9(15)16/h6-8,12H,2-5,11H2,1H3,(H,13,17)(H,15,16)/t7-,8-/m0/s1. The number of rotatable bonds is 9. The molecule has 0 rings (SSSR count). The van der Waals surface area contributed by atoms with Gasteiger partial charge in [-0.1, -0.05) is 0 Å². The van der Waals surface area contributed by atoms with Crippen molar-refractivity contribution in [3.63, 3.8) is 0 Å². The van der Waals surface area contributed by atoms with Crippen molar-refractivity contribution in [3.8, 4) is 0 Å². The summed E-state index contributed by atoms with van der Waals surface area (Å²) >= 11 is 0. The first-order valence-corrected chi connectivity index (χ1v) is 5.39. The fourth-order valence-electron chi connectivity index (χ4n) is 1.24. The summed E-state index contributed by atoms with van der Waals surface area (Å²) in [6.45, 7) is 0.743. The largest absolute Gasteiger partial charge is 0.481 e. The van der Waals surface area contributed by atoms with Crippen LogP contribution in [0.15, 0.2) is 0 Å². The number of aliphatic carboxylic acids is 1. The monoisotopic (exact) mass is 245 g/mol. The van der Waals surface area contributed by atoms with E-state index in [-0.39, 0.29) is 0 Å². The lowest BCUT2D eigenvalue weighted by Gasteiger charge is -2.15. The number of aldehydes is 1. The maximum absolute atomic E-state index is 11.5. The molecule has 0 radical (unpaired) electrons. The number of amides is 1. The van der Waals surface area contributed by atoms with Crippen molar-refractivity contribution in [1.82, 2.24) is 10.6 Å². The molecule has 7 heteroatoms. The van der Waals surface area contributed by atoms with E-state index in [0.29, 0.717) is 12.7 Å². The second-order valence-corrected chi connectivity index (χ2v) is 3.70. The summed E-state index contributed by atoms with van der Waals surface area (Å²) in [4.78, 5) is 32.4. The highest BCUT2D eigenvalue weighted by Gasteiger charge is 2.19. The van der Waals surface area contributed by atoms with E-state index in [1.807, 2.05) is 0 Å². The lowest BCUT2D eigenvalue weighted by molar-refractivity contribution is -0.138. The van der Waals surface area contributed by atoms with Crippen molar-refractivity contribution < 1.29 is 19.5 Å². The lowest BCUT2D eigenvalue weighted by Crippen LogP contribution is -2.46. The van der Waals surface area contributed by atoms with Gasteiger partial charge in [-0.05, 0) is 26.4 Å². The maximum Gasteiger partial charge on any atom is 0.305 e. The van der Waals surface area contributed by atoms with Gasteiger partial charge in [0, 0.05) is 0 Å². The third-order valence-corrected chi connectivity index (χ3v) is 2.17. The number of hydrogen-bond donors (Lipinski definition) is 4. The maximum atomic E-state index is 11.5. The first-order chi connectivity index (χ1) is 8.01. The van der Waals surface area contributed by atoms with Crippen molar-refractivity contribution >= 4 is 18.2 Å². The van der Waals surface area contributed by atoms with Gasteiger partial charge in [-0.25, -0.2) is 0 Å². The number of nitrogens with two attached hydrogens (primary N) is 1. The van der Waals surface area contributed by atoms with Gasteiger partial charge in [0.05, 0.1) is 18.5 Å². The van der Waals surface area contributed by atoms with Gasteiger partial charge in [0.1, 0.15) is 6.29 Å². The highest BCUT2D eigenvalue weighted by atomic mass is 16.4. The van der Waals surface area contributed by atoms with Crippen molar-refractivity contribution in [1.29, 1.82) is 0 Å². The molecule has 98 valence electrons. The molecule has 17 heavy (non-hydrogen) atoms. The van der Waals surface area contributed by atoms with Crippen molar-refractivity contribution in [2.75, 3.05) is 13.6 Å². The molecule has 7 nitrogen and oxygen atoms in total. The zero-order chi connectivity index (χ0) is 13.3. The molecule has 0 saturated carbocycles. The van der Waals surface area contributed by atoms with E-state index in [2.05, 4.69) is 10.6 Å². The molecule has 0 aromatic rings. The van der Waals surface area contributed by atoms with Gasteiger partial charge in [0.25, 0.3) is 0 Å². The van der Waals surface area contributed by atoms with Crippen LogP contribution in [-0.4, -0.2) is 48.9 Å². The Labute approximate surface area is 99.7 Å². The molecule has 0 saturated heterocycles. The van der Waals surface area contributed by atoms with E-state index < -0.39 is 30.4 Å². The van der Waals surface area contributed by atoms with Crippen molar-refractivity contribution in [2.45, 2.75) is 31.3 Å². The number of carbonyl (C=O) groups excluding carboxylic acids is 2. The molecule has 5 N–H and O–H groups in total. The fraction of sp³-hybridized carbons (Fsp3) is 0.700. The predicted octanol–water partition coefficient (Wildman–Crippen LogP) is -1.53. The summed E-state index contributed by atoms with van der Waals surface area (Å²) in [6.07, 6.45) is 1.17. The zero-order valence-electron chi connectivity index (χ0n) is 9.81. The van der Waals surface area contributed by atoms with E-state index in [1.54, 1.807) is 7.05 Å².